The zero-order valence-corrected chi connectivity index (χ0v) is 16.3. The van der Waals surface area contributed by atoms with Gasteiger partial charge in [-0.15, -0.1) is 0 Å². The molecule has 0 radical (unpaired) electrons. The topological polar surface area (TPSA) is 49.4 Å². The summed E-state index contributed by atoms with van der Waals surface area (Å²) < 4.78 is 0. The SMILES string of the molecule is CC(=O)N(CC(=O)NCc1ccccc1C)c1ccc(C(C)(C)C)cc1. The Morgan fingerprint density at radius 1 is 1.00 bits per heavy atom. The van der Waals surface area contributed by atoms with Gasteiger partial charge in [-0.05, 0) is 41.2 Å². The average molecular weight is 352 g/mol. The minimum Gasteiger partial charge on any atom is -0.350 e. The molecule has 0 aromatic heterocycles. The molecule has 4 heteroatoms. The maximum Gasteiger partial charge on any atom is 0.240 e. The number of hydrogen-bond acceptors (Lipinski definition) is 2. The first-order chi connectivity index (χ1) is 12.2. The molecule has 0 aliphatic heterocycles. The Hall–Kier alpha value is -2.62. The molecule has 0 aliphatic carbocycles. The Labute approximate surface area is 156 Å². The van der Waals surface area contributed by atoms with Crippen LogP contribution in [-0.4, -0.2) is 18.4 Å². The number of nitrogens with zero attached hydrogens (tertiary/aromatic N) is 1. The summed E-state index contributed by atoms with van der Waals surface area (Å²) in [7, 11) is 0. The fourth-order valence-corrected chi connectivity index (χ4v) is 2.73. The Balaban J connectivity index is 2.04. The lowest BCUT2D eigenvalue weighted by molar-refractivity contribution is -0.123. The Morgan fingerprint density at radius 3 is 2.15 bits per heavy atom. The van der Waals surface area contributed by atoms with Gasteiger partial charge in [0.15, 0.2) is 0 Å². The van der Waals surface area contributed by atoms with Crippen LogP contribution in [0.3, 0.4) is 0 Å². The third-order valence-corrected chi connectivity index (χ3v) is 4.46. The molecule has 0 fully saturated rings. The largest absolute Gasteiger partial charge is 0.350 e. The highest BCUT2D eigenvalue weighted by Gasteiger charge is 2.18. The average Bonchev–Trinajstić information content (AvgIpc) is 2.58. The third-order valence-electron chi connectivity index (χ3n) is 4.46. The Kier molecular flexibility index (Phi) is 6.19. The predicted octanol–water partition coefficient (Wildman–Crippen LogP) is 3.96. The van der Waals surface area contributed by atoms with Crippen LogP contribution in [0.1, 0.15) is 44.4 Å². The molecule has 138 valence electrons. The van der Waals surface area contributed by atoms with Gasteiger partial charge in [0.25, 0.3) is 0 Å². The highest BCUT2D eigenvalue weighted by molar-refractivity contribution is 5.97. The van der Waals surface area contributed by atoms with Gasteiger partial charge in [0.2, 0.25) is 11.8 Å². The van der Waals surface area contributed by atoms with Crippen molar-refractivity contribution in [2.75, 3.05) is 11.4 Å². The van der Waals surface area contributed by atoms with Crippen molar-refractivity contribution < 1.29 is 9.59 Å². The van der Waals surface area contributed by atoms with Crippen LogP contribution in [0.2, 0.25) is 0 Å². The van der Waals surface area contributed by atoms with E-state index in [1.807, 2.05) is 55.5 Å². The van der Waals surface area contributed by atoms with Crippen LogP contribution in [0.25, 0.3) is 0 Å². The van der Waals surface area contributed by atoms with E-state index in [4.69, 9.17) is 0 Å². The fourth-order valence-electron chi connectivity index (χ4n) is 2.73. The molecule has 0 heterocycles. The first-order valence-corrected chi connectivity index (χ1v) is 8.88. The molecular formula is C22H28N2O2. The lowest BCUT2D eigenvalue weighted by atomic mass is 9.87. The maximum atomic E-state index is 12.3. The molecule has 2 amide bonds. The van der Waals surface area contributed by atoms with Gasteiger partial charge in [0.05, 0.1) is 0 Å². The van der Waals surface area contributed by atoms with E-state index >= 15 is 0 Å². The molecule has 0 atom stereocenters. The molecule has 26 heavy (non-hydrogen) atoms. The van der Waals surface area contributed by atoms with E-state index in [9.17, 15) is 9.59 Å². The van der Waals surface area contributed by atoms with E-state index in [1.165, 1.54) is 17.4 Å². The van der Waals surface area contributed by atoms with Gasteiger partial charge in [0.1, 0.15) is 6.54 Å². The molecule has 0 spiro atoms. The van der Waals surface area contributed by atoms with E-state index in [0.29, 0.717) is 6.54 Å². The second-order valence-electron chi connectivity index (χ2n) is 7.61. The number of benzene rings is 2. The molecule has 2 rings (SSSR count). The van der Waals surface area contributed by atoms with Crippen LogP contribution >= 0.6 is 0 Å². The highest BCUT2D eigenvalue weighted by Crippen LogP contribution is 2.25. The molecule has 1 N–H and O–H groups in total. The Bertz CT molecular complexity index is 773. The van der Waals surface area contributed by atoms with Gasteiger partial charge >= 0.3 is 0 Å². The van der Waals surface area contributed by atoms with Crippen LogP contribution in [0, 0.1) is 6.92 Å². The van der Waals surface area contributed by atoms with Crippen molar-refractivity contribution in [2.45, 2.75) is 46.6 Å². The minimum atomic E-state index is -0.177. The summed E-state index contributed by atoms with van der Waals surface area (Å²) >= 11 is 0. The number of anilines is 1. The summed E-state index contributed by atoms with van der Waals surface area (Å²) in [6, 6.07) is 15.7. The van der Waals surface area contributed by atoms with Gasteiger partial charge < -0.3 is 10.2 Å². The molecular weight excluding hydrogens is 324 g/mol. The van der Waals surface area contributed by atoms with Crippen molar-refractivity contribution in [1.82, 2.24) is 5.32 Å². The van der Waals surface area contributed by atoms with E-state index in [0.717, 1.165) is 16.8 Å². The molecule has 0 aliphatic rings. The minimum absolute atomic E-state index is 0.01000. The summed E-state index contributed by atoms with van der Waals surface area (Å²) in [6.45, 7) is 10.4. The standard InChI is InChI=1S/C22H28N2O2/c1-16-8-6-7-9-18(16)14-23-21(26)15-24(17(2)25)20-12-10-19(11-13-20)22(3,4)5/h6-13H,14-15H2,1-5H3,(H,23,26). The number of amides is 2. The highest BCUT2D eigenvalue weighted by atomic mass is 16.2. The number of aryl methyl sites for hydroxylation is 1. The van der Waals surface area contributed by atoms with E-state index in [2.05, 4.69) is 26.1 Å². The zero-order valence-electron chi connectivity index (χ0n) is 16.3. The van der Waals surface area contributed by atoms with Crippen molar-refractivity contribution in [3.8, 4) is 0 Å². The third kappa shape index (κ3) is 5.19. The summed E-state index contributed by atoms with van der Waals surface area (Å²) in [6.07, 6.45) is 0. The lowest BCUT2D eigenvalue weighted by Crippen LogP contribution is -2.39. The first kappa shape index (κ1) is 19.7. The van der Waals surface area contributed by atoms with Crippen molar-refractivity contribution in [1.29, 1.82) is 0 Å². The van der Waals surface area contributed by atoms with Gasteiger partial charge in [-0.2, -0.15) is 0 Å². The van der Waals surface area contributed by atoms with E-state index < -0.39 is 0 Å². The summed E-state index contributed by atoms with van der Waals surface area (Å²) in [4.78, 5) is 25.9. The molecule has 0 unspecified atom stereocenters. The van der Waals surface area contributed by atoms with Crippen molar-refractivity contribution in [3.05, 3.63) is 65.2 Å². The van der Waals surface area contributed by atoms with E-state index in [-0.39, 0.29) is 23.8 Å². The number of hydrogen-bond donors (Lipinski definition) is 1. The van der Waals surface area contributed by atoms with Crippen molar-refractivity contribution >= 4 is 17.5 Å². The molecule has 0 saturated heterocycles. The first-order valence-electron chi connectivity index (χ1n) is 8.88. The quantitative estimate of drug-likeness (QED) is 0.885. The smallest absolute Gasteiger partial charge is 0.240 e. The summed E-state index contributed by atoms with van der Waals surface area (Å²) in [5, 5.41) is 2.90. The monoisotopic (exact) mass is 352 g/mol. The van der Waals surface area contributed by atoms with Crippen LogP contribution < -0.4 is 10.2 Å². The number of carbonyl (C=O) groups excluding carboxylic acids is 2. The van der Waals surface area contributed by atoms with Gasteiger partial charge in [-0.1, -0.05) is 57.2 Å². The van der Waals surface area contributed by atoms with Gasteiger partial charge in [0, 0.05) is 19.2 Å². The Morgan fingerprint density at radius 2 is 1.62 bits per heavy atom. The lowest BCUT2D eigenvalue weighted by Gasteiger charge is -2.23. The number of nitrogens with one attached hydrogen (secondary N) is 1. The predicted molar refractivity (Wildman–Crippen MR) is 106 cm³/mol. The van der Waals surface area contributed by atoms with E-state index in [1.54, 1.807) is 0 Å². The number of carbonyl (C=O) groups is 2. The molecule has 4 nitrogen and oxygen atoms in total. The summed E-state index contributed by atoms with van der Waals surface area (Å²) in [5.74, 6) is -0.331. The fraction of sp³-hybridized carbons (Fsp3) is 0.364. The normalized spacial score (nSPS) is 11.1. The van der Waals surface area contributed by atoms with Crippen molar-refractivity contribution in [3.63, 3.8) is 0 Å². The van der Waals surface area contributed by atoms with Crippen LogP contribution in [0.4, 0.5) is 5.69 Å². The summed E-state index contributed by atoms with van der Waals surface area (Å²) in [5.41, 5.74) is 4.17. The molecule has 0 bridgehead atoms. The maximum absolute atomic E-state index is 12.3. The van der Waals surface area contributed by atoms with Crippen LogP contribution in [0.5, 0.6) is 0 Å². The van der Waals surface area contributed by atoms with Crippen LogP contribution in [-0.2, 0) is 21.5 Å². The van der Waals surface area contributed by atoms with Crippen LogP contribution in [0.15, 0.2) is 48.5 Å². The second-order valence-corrected chi connectivity index (χ2v) is 7.61. The van der Waals surface area contributed by atoms with Gasteiger partial charge in [-0.3, -0.25) is 9.59 Å². The second kappa shape index (κ2) is 8.17. The van der Waals surface area contributed by atoms with Gasteiger partial charge in [-0.25, -0.2) is 0 Å². The molecule has 2 aromatic rings. The molecule has 0 saturated carbocycles. The number of rotatable bonds is 5. The molecule has 2 aromatic carbocycles. The van der Waals surface area contributed by atoms with Crippen molar-refractivity contribution in [2.24, 2.45) is 0 Å². The zero-order chi connectivity index (χ0) is 19.3.